The third-order valence-corrected chi connectivity index (χ3v) is 3.01. The Balaban J connectivity index is 2.52. The molecule has 0 radical (unpaired) electrons. The molecule has 0 saturated heterocycles. The number of pyridine rings is 1. The molecule has 5 nitrogen and oxygen atoms in total. The molecule has 0 aliphatic carbocycles. The lowest BCUT2D eigenvalue weighted by molar-refractivity contribution is -0.137. The number of alkyl halides is 3. The van der Waals surface area contributed by atoms with Gasteiger partial charge in [0.1, 0.15) is 11.4 Å². The molecule has 23 heavy (non-hydrogen) atoms. The number of benzene rings is 1. The second-order valence-corrected chi connectivity index (χ2v) is 4.76. The van der Waals surface area contributed by atoms with Gasteiger partial charge in [-0.2, -0.15) is 18.3 Å². The molecule has 1 heterocycles. The van der Waals surface area contributed by atoms with E-state index < -0.39 is 17.8 Å². The average Bonchev–Trinajstić information content (AvgIpc) is 2.48. The van der Waals surface area contributed by atoms with Gasteiger partial charge in [0.2, 0.25) is 0 Å². The Morgan fingerprint density at radius 1 is 1.26 bits per heavy atom. The monoisotopic (exact) mass is 342 g/mol. The summed E-state index contributed by atoms with van der Waals surface area (Å²) >= 11 is 5.91. The molecule has 120 valence electrons. The minimum Gasteiger partial charge on any atom is -0.350 e. The molecule has 0 aliphatic heterocycles. The summed E-state index contributed by atoms with van der Waals surface area (Å²) in [4.78, 5) is 14.6. The number of hydrogen-bond acceptors (Lipinski definition) is 3. The number of hydrogen-bond donors (Lipinski definition) is 2. The summed E-state index contributed by atoms with van der Waals surface area (Å²) in [6.45, 7) is 0. The molecule has 2 amide bonds. The van der Waals surface area contributed by atoms with Crippen LogP contribution in [0.1, 0.15) is 16.8 Å². The average molecular weight is 343 g/mol. The summed E-state index contributed by atoms with van der Waals surface area (Å²) in [7, 11) is 0. The third-order valence-electron chi connectivity index (χ3n) is 2.72. The quantitative estimate of drug-likeness (QED) is 0.663. The van der Waals surface area contributed by atoms with Gasteiger partial charge in [0, 0.05) is 11.8 Å². The number of urea groups is 1. The molecule has 0 spiro atoms. The SMILES string of the molecule is NC(=O)NN=C(c1ccccc1)c1ncc(C(F)(F)F)cc1Cl. The summed E-state index contributed by atoms with van der Waals surface area (Å²) in [5.74, 6) is 0. The topological polar surface area (TPSA) is 80.4 Å². The first-order valence-corrected chi connectivity index (χ1v) is 6.58. The minimum atomic E-state index is -4.56. The van der Waals surface area contributed by atoms with Gasteiger partial charge in [0.05, 0.1) is 10.6 Å². The van der Waals surface area contributed by atoms with Gasteiger partial charge in [-0.15, -0.1) is 0 Å². The van der Waals surface area contributed by atoms with Crippen LogP contribution in [0.4, 0.5) is 18.0 Å². The van der Waals surface area contributed by atoms with Crippen molar-refractivity contribution in [2.24, 2.45) is 10.8 Å². The first kappa shape index (κ1) is 16.8. The van der Waals surface area contributed by atoms with E-state index in [4.69, 9.17) is 17.3 Å². The van der Waals surface area contributed by atoms with Gasteiger partial charge < -0.3 is 5.73 Å². The van der Waals surface area contributed by atoms with Crippen molar-refractivity contribution in [3.8, 4) is 0 Å². The van der Waals surface area contributed by atoms with Gasteiger partial charge in [0.15, 0.2) is 0 Å². The van der Waals surface area contributed by atoms with Crippen molar-refractivity contribution in [3.63, 3.8) is 0 Å². The van der Waals surface area contributed by atoms with E-state index in [1.54, 1.807) is 30.3 Å². The molecule has 2 rings (SSSR count). The molecule has 0 unspecified atom stereocenters. The lowest BCUT2D eigenvalue weighted by Gasteiger charge is -2.11. The van der Waals surface area contributed by atoms with E-state index >= 15 is 0 Å². The zero-order valence-corrected chi connectivity index (χ0v) is 12.2. The fraction of sp³-hybridized carbons (Fsp3) is 0.0714. The number of nitrogens with zero attached hydrogens (tertiary/aromatic N) is 2. The third kappa shape index (κ3) is 4.19. The summed E-state index contributed by atoms with van der Waals surface area (Å²) in [5, 5.41) is 3.52. The van der Waals surface area contributed by atoms with Gasteiger partial charge in [-0.1, -0.05) is 41.9 Å². The number of hydrazone groups is 1. The highest BCUT2D eigenvalue weighted by Gasteiger charge is 2.32. The standard InChI is InChI=1S/C14H10ClF3N4O/c15-10-6-9(14(16,17)18)7-20-12(10)11(21-22-13(19)23)8-4-2-1-3-5-8/h1-7H,(H3,19,22,23). The Morgan fingerprint density at radius 3 is 2.43 bits per heavy atom. The molecule has 0 fully saturated rings. The number of nitrogens with two attached hydrogens (primary N) is 1. The lowest BCUT2D eigenvalue weighted by Crippen LogP contribution is -2.26. The number of carbonyl (C=O) groups excluding carboxylic acids is 1. The van der Waals surface area contributed by atoms with Crippen molar-refractivity contribution in [3.05, 3.63) is 64.4 Å². The van der Waals surface area contributed by atoms with E-state index in [0.29, 0.717) is 11.8 Å². The van der Waals surface area contributed by atoms with Crippen molar-refractivity contribution < 1.29 is 18.0 Å². The lowest BCUT2D eigenvalue weighted by atomic mass is 10.1. The Bertz CT molecular complexity index is 747. The number of carbonyl (C=O) groups is 1. The van der Waals surface area contributed by atoms with Crippen molar-refractivity contribution in [2.45, 2.75) is 6.18 Å². The van der Waals surface area contributed by atoms with Crippen LogP contribution in [0.2, 0.25) is 5.02 Å². The molecule has 1 aromatic carbocycles. The maximum absolute atomic E-state index is 12.7. The van der Waals surface area contributed by atoms with E-state index in [-0.39, 0.29) is 16.4 Å². The first-order valence-electron chi connectivity index (χ1n) is 6.20. The molecule has 0 saturated carbocycles. The van der Waals surface area contributed by atoms with Crippen molar-refractivity contribution in [2.75, 3.05) is 0 Å². The molecule has 2 aromatic rings. The van der Waals surface area contributed by atoms with Crippen LogP contribution in [0, 0.1) is 0 Å². The maximum Gasteiger partial charge on any atom is 0.417 e. The van der Waals surface area contributed by atoms with Crippen LogP contribution in [0.3, 0.4) is 0 Å². The largest absolute Gasteiger partial charge is 0.417 e. The fourth-order valence-electron chi connectivity index (χ4n) is 1.73. The van der Waals surface area contributed by atoms with Gasteiger partial charge in [-0.05, 0) is 6.07 Å². The Morgan fingerprint density at radius 2 is 1.91 bits per heavy atom. The van der Waals surface area contributed by atoms with Crippen LogP contribution < -0.4 is 11.2 Å². The minimum absolute atomic E-state index is 0.0142. The molecular weight excluding hydrogens is 333 g/mol. The van der Waals surface area contributed by atoms with Crippen molar-refractivity contribution in [1.29, 1.82) is 0 Å². The predicted molar refractivity (Wildman–Crippen MR) is 79.0 cm³/mol. The van der Waals surface area contributed by atoms with Gasteiger partial charge in [0.25, 0.3) is 0 Å². The van der Waals surface area contributed by atoms with E-state index in [2.05, 4.69) is 10.1 Å². The first-order chi connectivity index (χ1) is 10.8. The van der Waals surface area contributed by atoms with Gasteiger partial charge in [-0.3, -0.25) is 4.98 Å². The Kier molecular flexibility index (Phi) is 4.85. The van der Waals surface area contributed by atoms with Crippen LogP contribution in [-0.2, 0) is 6.18 Å². The van der Waals surface area contributed by atoms with Crippen LogP contribution in [0.25, 0.3) is 0 Å². The highest BCUT2D eigenvalue weighted by atomic mass is 35.5. The molecule has 9 heteroatoms. The predicted octanol–water partition coefficient (Wildman–Crippen LogP) is 3.17. The van der Waals surface area contributed by atoms with Gasteiger partial charge in [-0.25, -0.2) is 10.2 Å². The zero-order valence-electron chi connectivity index (χ0n) is 11.4. The fourth-order valence-corrected chi connectivity index (χ4v) is 1.98. The summed E-state index contributed by atoms with van der Waals surface area (Å²) in [5.41, 5.74) is 6.56. The number of halogens is 4. The normalized spacial score (nSPS) is 12.1. The van der Waals surface area contributed by atoms with Crippen LogP contribution >= 0.6 is 11.6 Å². The molecule has 1 aromatic heterocycles. The second-order valence-electron chi connectivity index (χ2n) is 4.35. The van der Waals surface area contributed by atoms with Crippen LogP contribution in [0.15, 0.2) is 47.7 Å². The Hall–Kier alpha value is -2.61. The van der Waals surface area contributed by atoms with E-state index in [1.807, 2.05) is 5.43 Å². The molecule has 0 aliphatic rings. The van der Waals surface area contributed by atoms with Crippen LogP contribution in [-0.4, -0.2) is 16.7 Å². The highest BCUT2D eigenvalue weighted by Crippen LogP contribution is 2.31. The number of amides is 2. The summed E-state index contributed by atoms with van der Waals surface area (Å²) < 4.78 is 38.0. The molecule has 0 atom stereocenters. The maximum atomic E-state index is 12.7. The van der Waals surface area contributed by atoms with E-state index in [0.717, 1.165) is 6.07 Å². The zero-order chi connectivity index (χ0) is 17.0. The number of nitrogens with one attached hydrogen (secondary N) is 1. The summed E-state index contributed by atoms with van der Waals surface area (Å²) in [6.07, 6.45) is -3.92. The number of rotatable bonds is 3. The van der Waals surface area contributed by atoms with Crippen molar-refractivity contribution in [1.82, 2.24) is 10.4 Å². The second kappa shape index (κ2) is 6.66. The molecule has 0 bridgehead atoms. The van der Waals surface area contributed by atoms with Crippen molar-refractivity contribution >= 4 is 23.3 Å². The molecular formula is C14H10ClF3N4O. The van der Waals surface area contributed by atoms with E-state index in [9.17, 15) is 18.0 Å². The number of aromatic nitrogens is 1. The van der Waals surface area contributed by atoms with E-state index in [1.165, 1.54) is 0 Å². The summed E-state index contributed by atoms with van der Waals surface area (Å²) in [6, 6.07) is 8.20. The molecule has 3 N–H and O–H groups in total. The number of primary amides is 1. The Labute approximate surface area is 134 Å². The highest BCUT2D eigenvalue weighted by molar-refractivity contribution is 6.35. The van der Waals surface area contributed by atoms with Crippen LogP contribution in [0.5, 0.6) is 0 Å². The van der Waals surface area contributed by atoms with Gasteiger partial charge >= 0.3 is 12.2 Å². The smallest absolute Gasteiger partial charge is 0.350 e.